The molecule has 0 aromatic heterocycles. The van der Waals surface area contributed by atoms with Crippen LogP contribution in [0.5, 0.6) is 5.75 Å². The van der Waals surface area contributed by atoms with Crippen LogP contribution in [0.4, 0.5) is 0 Å². The molecule has 0 amide bonds. The Morgan fingerprint density at radius 2 is 1.22 bits per heavy atom. The monoisotopic (exact) mass is 488 g/mol. The molecule has 0 radical (unpaired) electrons. The molecule has 0 aliphatic rings. The Balaban J connectivity index is 1.45. The molecule has 3 rings (SSSR count). The van der Waals surface area contributed by atoms with E-state index >= 15 is 0 Å². The van der Waals surface area contributed by atoms with Crippen molar-refractivity contribution in [2.45, 2.75) is 13.3 Å². The van der Waals surface area contributed by atoms with Gasteiger partial charge in [0.05, 0.1) is 24.3 Å². The first-order valence-corrected chi connectivity index (χ1v) is 11.6. The number of carbonyl (C=O) groups excluding carboxylic acids is 3. The SMILES string of the molecule is C=CC(=O)OCCOCCOC(=O)c1ccc(-c2ccc(OC(=O)c3ccc(CC)cc3)cc2)cc1. The topological polar surface area (TPSA) is 88.1 Å². The van der Waals surface area contributed by atoms with Gasteiger partial charge < -0.3 is 18.9 Å². The van der Waals surface area contributed by atoms with Gasteiger partial charge in [0.2, 0.25) is 0 Å². The lowest BCUT2D eigenvalue weighted by atomic mass is 10.0. The summed E-state index contributed by atoms with van der Waals surface area (Å²) in [6.07, 6.45) is 1.99. The molecule has 0 saturated heterocycles. The Kier molecular flexibility index (Phi) is 9.97. The summed E-state index contributed by atoms with van der Waals surface area (Å²) in [7, 11) is 0. The summed E-state index contributed by atoms with van der Waals surface area (Å²) >= 11 is 0. The molecule has 7 nitrogen and oxygen atoms in total. The molecule has 0 fully saturated rings. The zero-order valence-electron chi connectivity index (χ0n) is 20.1. The Bertz CT molecular complexity index is 1160. The smallest absolute Gasteiger partial charge is 0.343 e. The fraction of sp³-hybridized carbons (Fsp3) is 0.207. The third-order valence-electron chi connectivity index (χ3n) is 5.22. The molecular weight excluding hydrogens is 460 g/mol. The van der Waals surface area contributed by atoms with Crippen LogP contribution in [0.2, 0.25) is 0 Å². The van der Waals surface area contributed by atoms with Gasteiger partial charge in [-0.15, -0.1) is 0 Å². The predicted octanol–water partition coefficient (Wildman–Crippen LogP) is 5.04. The Hall–Kier alpha value is -4.23. The number of rotatable bonds is 12. The van der Waals surface area contributed by atoms with Gasteiger partial charge in [0.15, 0.2) is 0 Å². The molecule has 0 saturated carbocycles. The van der Waals surface area contributed by atoms with Crippen LogP contribution in [0.15, 0.2) is 85.5 Å². The average molecular weight is 489 g/mol. The van der Waals surface area contributed by atoms with Gasteiger partial charge in [-0.05, 0) is 59.5 Å². The van der Waals surface area contributed by atoms with Crippen molar-refractivity contribution in [2.75, 3.05) is 26.4 Å². The fourth-order valence-electron chi connectivity index (χ4n) is 3.20. The van der Waals surface area contributed by atoms with Crippen molar-refractivity contribution in [2.24, 2.45) is 0 Å². The molecule has 3 aromatic carbocycles. The molecule has 7 heteroatoms. The lowest BCUT2D eigenvalue weighted by Crippen LogP contribution is -2.14. The van der Waals surface area contributed by atoms with Crippen molar-refractivity contribution in [3.63, 3.8) is 0 Å². The van der Waals surface area contributed by atoms with Crippen LogP contribution in [0.25, 0.3) is 11.1 Å². The van der Waals surface area contributed by atoms with Gasteiger partial charge in [-0.1, -0.05) is 49.9 Å². The first-order valence-electron chi connectivity index (χ1n) is 11.6. The van der Waals surface area contributed by atoms with Crippen LogP contribution in [-0.2, 0) is 25.4 Å². The first kappa shape index (κ1) is 26.4. The van der Waals surface area contributed by atoms with E-state index in [0.717, 1.165) is 29.2 Å². The highest BCUT2D eigenvalue weighted by molar-refractivity contribution is 5.91. The third-order valence-corrected chi connectivity index (χ3v) is 5.22. The summed E-state index contributed by atoms with van der Waals surface area (Å²) in [5.41, 5.74) is 3.88. The summed E-state index contributed by atoms with van der Waals surface area (Å²) in [6.45, 7) is 5.94. The lowest BCUT2D eigenvalue weighted by Gasteiger charge is -2.08. The molecule has 36 heavy (non-hydrogen) atoms. The predicted molar refractivity (Wildman–Crippen MR) is 135 cm³/mol. The van der Waals surface area contributed by atoms with Gasteiger partial charge in [0.1, 0.15) is 19.0 Å². The molecule has 0 heterocycles. The summed E-state index contributed by atoms with van der Waals surface area (Å²) in [6, 6.07) is 21.5. The van der Waals surface area contributed by atoms with Gasteiger partial charge >= 0.3 is 17.9 Å². The summed E-state index contributed by atoms with van der Waals surface area (Å²) in [5.74, 6) is -0.932. The van der Waals surface area contributed by atoms with E-state index in [-0.39, 0.29) is 26.4 Å². The molecule has 0 aliphatic heterocycles. The molecule has 3 aromatic rings. The van der Waals surface area contributed by atoms with Crippen LogP contribution in [-0.4, -0.2) is 44.3 Å². The third kappa shape index (κ3) is 7.92. The van der Waals surface area contributed by atoms with E-state index in [1.807, 2.05) is 36.4 Å². The molecule has 0 N–H and O–H groups in total. The van der Waals surface area contributed by atoms with Crippen LogP contribution >= 0.6 is 0 Å². The lowest BCUT2D eigenvalue weighted by molar-refractivity contribution is -0.139. The number of ether oxygens (including phenoxy) is 4. The maximum absolute atomic E-state index is 12.4. The van der Waals surface area contributed by atoms with Crippen LogP contribution in [0, 0.1) is 0 Å². The minimum Gasteiger partial charge on any atom is -0.460 e. The van der Waals surface area contributed by atoms with Crippen molar-refractivity contribution in [1.82, 2.24) is 0 Å². The van der Waals surface area contributed by atoms with E-state index in [1.54, 1.807) is 36.4 Å². The highest BCUT2D eigenvalue weighted by atomic mass is 16.6. The highest BCUT2D eigenvalue weighted by Gasteiger charge is 2.10. The number of carbonyl (C=O) groups is 3. The number of aryl methyl sites for hydroxylation is 1. The van der Waals surface area contributed by atoms with E-state index in [9.17, 15) is 14.4 Å². The molecule has 186 valence electrons. The average Bonchev–Trinajstić information content (AvgIpc) is 2.92. The number of hydrogen-bond acceptors (Lipinski definition) is 7. The summed E-state index contributed by atoms with van der Waals surface area (Å²) in [4.78, 5) is 35.5. The van der Waals surface area contributed by atoms with Crippen molar-refractivity contribution in [3.05, 3.63) is 102 Å². The fourth-order valence-corrected chi connectivity index (χ4v) is 3.20. The van der Waals surface area contributed by atoms with Crippen LogP contribution in [0.3, 0.4) is 0 Å². The van der Waals surface area contributed by atoms with Crippen molar-refractivity contribution in [1.29, 1.82) is 0 Å². The Morgan fingerprint density at radius 1 is 0.694 bits per heavy atom. The van der Waals surface area contributed by atoms with Crippen molar-refractivity contribution in [3.8, 4) is 16.9 Å². The molecule has 0 bridgehead atoms. The molecule has 0 unspecified atom stereocenters. The highest BCUT2D eigenvalue weighted by Crippen LogP contribution is 2.23. The van der Waals surface area contributed by atoms with Gasteiger partial charge in [-0.3, -0.25) is 0 Å². The minimum absolute atomic E-state index is 0.0823. The zero-order valence-corrected chi connectivity index (χ0v) is 20.1. The van der Waals surface area contributed by atoms with E-state index in [4.69, 9.17) is 18.9 Å². The maximum atomic E-state index is 12.4. The summed E-state index contributed by atoms with van der Waals surface area (Å²) < 4.78 is 20.7. The van der Waals surface area contributed by atoms with E-state index < -0.39 is 17.9 Å². The number of hydrogen-bond donors (Lipinski definition) is 0. The molecule has 0 aliphatic carbocycles. The number of benzene rings is 3. The zero-order chi connectivity index (χ0) is 25.8. The first-order chi connectivity index (χ1) is 17.5. The normalized spacial score (nSPS) is 10.4. The Morgan fingerprint density at radius 3 is 1.81 bits per heavy atom. The van der Waals surface area contributed by atoms with E-state index in [1.165, 1.54) is 0 Å². The largest absolute Gasteiger partial charge is 0.460 e. The quantitative estimate of drug-likeness (QED) is 0.153. The van der Waals surface area contributed by atoms with Gasteiger partial charge in [-0.2, -0.15) is 0 Å². The van der Waals surface area contributed by atoms with Crippen LogP contribution in [0.1, 0.15) is 33.2 Å². The van der Waals surface area contributed by atoms with E-state index in [0.29, 0.717) is 16.9 Å². The molecular formula is C29H28O7. The number of esters is 3. The van der Waals surface area contributed by atoms with Gasteiger partial charge in [0.25, 0.3) is 0 Å². The standard InChI is InChI=1S/C29H28O7/c1-3-21-5-7-25(8-6-21)29(32)36-26-15-13-23(14-16-26)22-9-11-24(12-10-22)28(31)35-20-18-33-17-19-34-27(30)4-2/h4-16H,2-3,17-20H2,1H3. The second-order valence-corrected chi connectivity index (χ2v) is 7.66. The van der Waals surface area contributed by atoms with Crippen LogP contribution < -0.4 is 4.74 Å². The Labute approximate surface area is 210 Å². The summed E-state index contributed by atoms with van der Waals surface area (Å²) in [5, 5.41) is 0. The second kappa shape index (κ2) is 13.6. The van der Waals surface area contributed by atoms with Gasteiger partial charge in [0, 0.05) is 6.08 Å². The maximum Gasteiger partial charge on any atom is 0.343 e. The molecule has 0 spiro atoms. The van der Waals surface area contributed by atoms with E-state index in [2.05, 4.69) is 13.5 Å². The van der Waals surface area contributed by atoms with Crippen molar-refractivity contribution >= 4 is 17.9 Å². The van der Waals surface area contributed by atoms with Gasteiger partial charge in [-0.25, -0.2) is 14.4 Å². The minimum atomic E-state index is -0.513. The molecule has 0 atom stereocenters. The van der Waals surface area contributed by atoms with Crippen molar-refractivity contribution < 1.29 is 33.3 Å². The second-order valence-electron chi connectivity index (χ2n) is 7.66.